The van der Waals surface area contributed by atoms with Crippen molar-refractivity contribution in [1.82, 2.24) is 4.98 Å². The normalized spacial score (nSPS) is 10.1. The van der Waals surface area contributed by atoms with Gasteiger partial charge in [-0.05, 0) is 6.07 Å². The van der Waals surface area contributed by atoms with Crippen LogP contribution < -0.4 is 0 Å². The molecule has 0 aliphatic carbocycles. The Morgan fingerprint density at radius 2 is 2.25 bits per heavy atom. The van der Waals surface area contributed by atoms with Crippen LogP contribution in [0.1, 0.15) is 5.69 Å². The molecule has 2 aromatic rings. The van der Waals surface area contributed by atoms with Crippen LogP contribution in [-0.2, 0) is 16.1 Å². The number of rotatable bonds is 4. The molecule has 0 aliphatic rings. The van der Waals surface area contributed by atoms with Crippen molar-refractivity contribution in [1.29, 1.82) is 0 Å². The number of hydrogen-bond donors (Lipinski definition) is 0. The molecule has 0 fully saturated rings. The van der Waals surface area contributed by atoms with Gasteiger partial charge in [0, 0.05) is 5.56 Å². The van der Waals surface area contributed by atoms with Gasteiger partial charge in [0.1, 0.15) is 12.4 Å². The highest BCUT2D eigenvalue weighted by atomic mass is 32.1. The molecule has 0 atom stereocenters. The highest BCUT2D eigenvalue weighted by Crippen LogP contribution is 2.29. The third kappa shape index (κ3) is 2.09. The first-order valence-electron chi connectivity index (χ1n) is 4.55. The van der Waals surface area contributed by atoms with Crippen molar-refractivity contribution in [2.45, 2.75) is 6.61 Å². The molecular weight excluding hydrogens is 229 g/mol. The van der Waals surface area contributed by atoms with Crippen LogP contribution in [0.15, 0.2) is 29.8 Å². The molecule has 0 radical (unpaired) electrons. The zero-order valence-corrected chi connectivity index (χ0v) is 9.04. The third-order valence-corrected chi connectivity index (χ3v) is 2.95. The molecule has 0 saturated carbocycles. The van der Waals surface area contributed by atoms with Gasteiger partial charge in [-0.2, -0.15) is 0 Å². The van der Waals surface area contributed by atoms with Crippen LogP contribution in [0.25, 0.3) is 10.4 Å². The Balaban J connectivity index is 2.37. The standard InChI is InChI=1S/C11H8FNO2S/c12-9-4-2-1-3-8(9)11-10(5-15-7-14)13-6-16-11/h1-4,6-7H,5H2. The molecule has 0 unspecified atom stereocenters. The average Bonchev–Trinajstić information content (AvgIpc) is 2.75. The van der Waals surface area contributed by atoms with Gasteiger partial charge in [-0.15, -0.1) is 11.3 Å². The van der Waals surface area contributed by atoms with Crippen LogP contribution in [-0.4, -0.2) is 11.5 Å². The highest BCUT2D eigenvalue weighted by molar-refractivity contribution is 7.13. The minimum absolute atomic E-state index is 0.0661. The highest BCUT2D eigenvalue weighted by Gasteiger charge is 2.12. The fourth-order valence-corrected chi connectivity index (χ4v) is 2.17. The molecule has 0 spiro atoms. The maximum absolute atomic E-state index is 13.5. The van der Waals surface area contributed by atoms with Gasteiger partial charge in [-0.25, -0.2) is 9.37 Å². The van der Waals surface area contributed by atoms with E-state index in [1.165, 1.54) is 17.4 Å². The zero-order chi connectivity index (χ0) is 11.4. The van der Waals surface area contributed by atoms with E-state index in [0.717, 1.165) is 0 Å². The fourth-order valence-electron chi connectivity index (χ4n) is 1.35. The van der Waals surface area contributed by atoms with E-state index >= 15 is 0 Å². The van der Waals surface area contributed by atoms with Crippen LogP contribution >= 0.6 is 11.3 Å². The summed E-state index contributed by atoms with van der Waals surface area (Å²) in [5.41, 5.74) is 2.65. The Labute approximate surface area is 95.5 Å². The van der Waals surface area contributed by atoms with E-state index in [-0.39, 0.29) is 12.4 Å². The summed E-state index contributed by atoms with van der Waals surface area (Å²) in [6.07, 6.45) is 0. The molecule has 0 amide bonds. The lowest BCUT2D eigenvalue weighted by atomic mass is 10.1. The molecule has 16 heavy (non-hydrogen) atoms. The Morgan fingerprint density at radius 3 is 3.00 bits per heavy atom. The second kappa shape index (κ2) is 4.85. The molecule has 1 aromatic carbocycles. The van der Waals surface area contributed by atoms with Crippen LogP contribution in [0, 0.1) is 5.82 Å². The van der Waals surface area contributed by atoms with E-state index in [9.17, 15) is 9.18 Å². The number of thiazole rings is 1. The quantitative estimate of drug-likeness (QED) is 0.767. The van der Waals surface area contributed by atoms with E-state index < -0.39 is 0 Å². The lowest BCUT2D eigenvalue weighted by molar-refractivity contribution is -0.129. The number of carbonyl (C=O) groups excluding carboxylic acids is 1. The smallest absolute Gasteiger partial charge is 0.293 e. The molecule has 0 N–H and O–H groups in total. The minimum atomic E-state index is -0.306. The van der Waals surface area contributed by atoms with Crippen molar-refractivity contribution < 1.29 is 13.9 Å². The fraction of sp³-hybridized carbons (Fsp3) is 0.0909. The largest absolute Gasteiger partial charge is 0.461 e. The van der Waals surface area contributed by atoms with Crippen molar-refractivity contribution in [2.75, 3.05) is 0 Å². The number of hydrogen-bond acceptors (Lipinski definition) is 4. The van der Waals surface area contributed by atoms with Crippen molar-refractivity contribution >= 4 is 17.8 Å². The summed E-state index contributed by atoms with van der Waals surface area (Å²) < 4.78 is 18.1. The molecule has 82 valence electrons. The van der Waals surface area contributed by atoms with Crippen molar-refractivity contribution in [2.24, 2.45) is 0 Å². The molecule has 0 bridgehead atoms. The number of carbonyl (C=O) groups is 1. The van der Waals surface area contributed by atoms with E-state index in [1.807, 2.05) is 0 Å². The summed E-state index contributed by atoms with van der Waals surface area (Å²) in [5.74, 6) is -0.306. The molecule has 0 aliphatic heterocycles. The van der Waals surface area contributed by atoms with Crippen LogP contribution in [0.4, 0.5) is 4.39 Å². The minimum Gasteiger partial charge on any atom is -0.461 e. The second-order valence-electron chi connectivity index (χ2n) is 3.02. The summed E-state index contributed by atoms with van der Waals surface area (Å²) in [4.78, 5) is 14.8. The monoisotopic (exact) mass is 237 g/mol. The average molecular weight is 237 g/mol. The number of aromatic nitrogens is 1. The van der Waals surface area contributed by atoms with Gasteiger partial charge >= 0.3 is 0 Å². The molecule has 0 saturated heterocycles. The number of benzene rings is 1. The first-order chi connectivity index (χ1) is 7.83. The maximum atomic E-state index is 13.5. The van der Waals surface area contributed by atoms with Gasteiger partial charge in [0.15, 0.2) is 0 Å². The van der Waals surface area contributed by atoms with Gasteiger partial charge in [-0.3, -0.25) is 4.79 Å². The summed E-state index contributed by atoms with van der Waals surface area (Å²) in [5, 5.41) is 0. The van der Waals surface area contributed by atoms with Gasteiger partial charge in [0.2, 0.25) is 0 Å². The lowest BCUT2D eigenvalue weighted by Crippen LogP contribution is -1.93. The van der Waals surface area contributed by atoms with Gasteiger partial charge < -0.3 is 4.74 Å². The van der Waals surface area contributed by atoms with Gasteiger partial charge in [0.25, 0.3) is 6.47 Å². The Hall–Kier alpha value is -1.75. The predicted molar refractivity (Wildman–Crippen MR) is 58.4 cm³/mol. The van der Waals surface area contributed by atoms with E-state index in [1.54, 1.807) is 23.7 Å². The molecule has 5 heteroatoms. The molecular formula is C11H8FNO2S. The van der Waals surface area contributed by atoms with Crippen molar-refractivity contribution in [3.63, 3.8) is 0 Å². The van der Waals surface area contributed by atoms with Crippen molar-refractivity contribution in [3.05, 3.63) is 41.3 Å². The summed E-state index contributed by atoms with van der Waals surface area (Å²) >= 11 is 1.32. The van der Waals surface area contributed by atoms with E-state index in [0.29, 0.717) is 22.6 Å². The zero-order valence-electron chi connectivity index (χ0n) is 8.22. The topological polar surface area (TPSA) is 39.2 Å². The van der Waals surface area contributed by atoms with Gasteiger partial charge in [-0.1, -0.05) is 18.2 Å². The maximum Gasteiger partial charge on any atom is 0.293 e. The van der Waals surface area contributed by atoms with Crippen LogP contribution in [0.5, 0.6) is 0 Å². The number of nitrogens with zero attached hydrogens (tertiary/aromatic N) is 1. The number of halogens is 1. The Kier molecular flexibility index (Phi) is 3.26. The Bertz CT molecular complexity index is 498. The van der Waals surface area contributed by atoms with E-state index in [2.05, 4.69) is 9.72 Å². The predicted octanol–water partition coefficient (Wildman–Crippen LogP) is 2.62. The second-order valence-corrected chi connectivity index (χ2v) is 3.87. The summed E-state index contributed by atoms with van der Waals surface area (Å²) in [6, 6.07) is 6.44. The lowest BCUT2D eigenvalue weighted by Gasteiger charge is -2.02. The van der Waals surface area contributed by atoms with E-state index in [4.69, 9.17) is 0 Å². The number of ether oxygens (including phenoxy) is 1. The molecule has 1 heterocycles. The van der Waals surface area contributed by atoms with Gasteiger partial charge in [0.05, 0.1) is 16.1 Å². The van der Waals surface area contributed by atoms with Crippen LogP contribution in [0.2, 0.25) is 0 Å². The SMILES string of the molecule is O=COCc1ncsc1-c1ccccc1F. The first-order valence-corrected chi connectivity index (χ1v) is 5.43. The first kappa shape index (κ1) is 10.8. The summed E-state index contributed by atoms with van der Waals surface area (Å²) in [6.45, 7) is 0.418. The Morgan fingerprint density at radius 1 is 1.44 bits per heavy atom. The molecule has 3 nitrogen and oxygen atoms in total. The molecule has 1 aromatic heterocycles. The van der Waals surface area contributed by atoms with Crippen LogP contribution in [0.3, 0.4) is 0 Å². The van der Waals surface area contributed by atoms with Crippen molar-refractivity contribution in [3.8, 4) is 10.4 Å². The molecule has 2 rings (SSSR count). The third-order valence-electron chi connectivity index (χ3n) is 2.05. The summed E-state index contributed by atoms with van der Waals surface area (Å²) in [7, 11) is 0.